The van der Waals surface area contributed by atoms with Crippen molar-refractivity contribution >= 4 is 27.3 Å². The van der Waals surface area contributed by atoms with Crippen molar-refractivity contribution in [3.8, 4) is 0 Å². The molecule has 1 heterocycles. The molecule has 5 nitrogen and oxygen atoms in total. The largest absolute Gasteiger partial charge is 0.477 e. The van der Waals surface area contributed by atoms with Crippen molar-refractivity contribution in [3.63, 3.8) is 0 Å². The predicted molar refractivity (Wildman–Crippen MR) is 82.2 cm³/mol. The molecule has 1 aromatic heterocycles. The highest BCUT2D eigenvalue weighted by Crippen LogP contribution is 2.30. The first-order chi connectivity index (χ1) is 9.88. The molecule has 0 bridgehead atoms. The zero-order chi connectivity index (χ0) is 15.5. The Kier molecular flexibility index (Phi) is 5.40. The summed E-state index contributed by atoms with van der Waals surface area (Å²) < 4.78 is 26.7. The third kappa shape index (κ3) is 4.52. The third-order valence-corrected chi connectivity index (χ3v) is 6.49. The molecule has 21 heavy (non-hydrogen) atoms. The van der Waals surface area contributed by atoms with Crippen molar-refractivity contribution < 1.29 is 18.3 Å². The molecule has 7 heteroatoms. The maximum absolute atomic E-state index is 12.1. The van der Waals surface area contributed by atoms with Gasteiger partial charge in [-0.05, 0) is 30.7 Å². The van der Waals surface area contributed by atoms with Gasteiger partial charge in [-0.2, -0.15) is 0 Å². The number of aromatic carboxylic acids is 1. The van der Waals surface area contributed by atoms with Crippen LogP contribution in [0.1, 0.15) is 48.7 Å². The van der Waals surface area contributed by atoms with Gasteiger partial charge in [0.1, 0.15) is 4.88 Å². The topological polar surface area (TPSA) is 83.5 Å². The molecule has 2 unspecified atom stereocenters. The van der Waals surface area contributed by atoms with Crippen LogP contribution in [0.5, 0.6) is 0 Å². The molecule has 1 aromatic rings. The van der Waals surface area contributed by atoms with Crippen LogP contribution in [0.4, 0.5) is 0 Å². The van der Waals surface area contributed by atoms with E-state index < -0.39 is 16.0 Å². The summed E-state index contributed by atoms with van der Waals surface area (Å²) in [5.41, 5.74) is 0. The molecule has 0 aliphatic heterocycles. The molecule has 0 amide bonds. The number of sulfonamides is 1. The van der Waals surface area contributed by atoms with Crippen LogP contribution in [0.25, 0.3) is 0 Å². The van der Waals surface area contributed by atoms with Gasteiger partial charge >= 0.3 is 5.97 Å². The highest BCUT2D eigenvalue weighted by molar-refractivity contribution is 7.89. The normalized spacial score (nSPS) is 23.1. The van der Waals surface area contributed by atoms with E-state index in [-0.39, 0.29) is 9.77 Å². The van der Waals surface area contributed by atoms with E-state index in [1.807, 2.05) is 0 Å². The first-order valence-corrected chi connectivity index (χ1v) is 9.56. The van der Waals surface area contributed by atoms with E-state index in [0.29, 0.717) is 12.5 Å². The summed E-state index contributed by atoms with van der Waals surface area (Å²) in [5.74, 6) is 0.224. The second-order valence-corrected chi connectivity index (χ2v) is 8.45. The molecule has 118 valence electrons. The molecule has 1 fully saturated rings. The lowest BCUT2D eigenvalue weighted by Crippen LogP contribution is -2.27. The number of nitrogens with one attached hydrogen (secondary N) is 1. The molecule has 1 aliphatic rings. The Bertz CT molecular complexity index is 594. The molecule has 2 rings (SSSR count). The summed E-state index contributed by atoms with van der Waals surface area (Å²) in [6.45, 7) is 2.66. The number of rotatable bonds is 6. The number of carbonyl (C=O) groups is 1. The van der Waals surface area contributed by atoms with Crippen LogP contribution in [0.15, 0.2) is 16.3 Å². The van der Waals surface area contributed by atoms with E-state index in [1.165, 1.54) is 37.1 Å². The van der Waals surface area contributed by atoms with Gasteiger partial charge in [0.25, 0.3) is 0 Å². The Morgan fingerprint density at radius 3 is 2.86 bits per heavy atom. The minimum absolute atomic E-state index is 0.0384. The lowest BCUT2D eigenvalue weighted by atomic mass is 9.81. The van der Waals surface area contributed by atoms with Crippen LogP contribution in [-0.4, -0.2) is 26.0 Å². The Labute approximate surface area is 129 Å². The SMILES string of the molecule is CC1CCCC(CCNS(=O)(=O)c2csc(C(=O)O)c2)C1. The summed E-state index contributed by atoms with van der Waals surface area (Å²) in [7, 11) is -3.59. The average molecular weight is 331 g/mol. The Hall–Kier alpha value is -0.920. The third-order valence-electron chi connectivity index (χ3n) is 3.99. The standard InChI is InChI=1S/C14H21NO4S2/c1-10-3-2-4-11(7-10)5-6-15-21(18,19)12-8-13(14(16)17)20-9-12/h8-11,15H,2-7H2,1H3,(H,16,17). The maximum atomic E-state index is 12.1. The number of carboxylic acid groups (broad SMARTS) is 1. The molecule has 1 saturated carbocycles. The number of thiophene rings is 1. The first kappa shape index (κ1) is 16.5. The Morgan fingerprint density at radius 2 is 2.24 bits per heavy atom. The molecule has 2 N–H and O–H groups in total. The van der Waals surface area contributed by atoms with E-state index in [9.17, 15) is 13.2 Å². The molecule has 2 atom stereocenters. The minimum atomic E-state index is -3.59. The van der Waals surface area contributed by atoms with Crippen molar-refractivity contribution in [1.29, 1.82) is 0 Å². The van der Waals surface area contributed by atoms with Crippen LogP contribution in [-0.2, 0) is 10.0 Å². The van der Waals surface area contributed by atoms with Gasteiger partial charge in [0, 0.05) is 11.9 Å². The summed E-state index contributed by atoms with van der Waals surface area (Å²) in [5, 5.41) is 10.2. The number of carboxylic acids is 1. The fourth-order valence-electron chi connectivity index (χ4n) is 2.87. The predicted octanol–water partition coefficient (Wildman–Crippen LogP) is 2.94. The van der Waals surface area contributed by atoms with Gasteiger partial charge in [-0.15, -0.1) is 11.3 Å². The summed E-state index contributed by atoms with van der Waals surface area (Å²) in [6.07, 6.45) is 5.69. The molecular formula is C14H21NO4S2. The van der Waals surface area contributed by atoms with Gasteiger partial charge in [-0.25, -0.2) is 17.9 Å². The van der Waals surface area contributed by atoms with E-state index in [0.717, 1.165) is 23.7 Å². The minimum Gasteiger partial charge on any atom is -0.477 e. The van der Waals surface area contributed by atoms with Gasteiger partial charge < -0.3 is 5.11 Å². The smallest absolute Gasteiger partial charge is 0.345 e. The van der Waals surface area contributed by atoms with Crippen molar-refractivity contribution in [3.05, 3.63) is 16.3 Å². The van der Waals surface area contributed by atoms with Crippen molar-refractivity contribution in [2.75, 3.05) is 6.54 Å². The van der Waals surface area contributed by atoms with E-state index in [2.05, 4.69) is 11.6 Å². The Morgan fingerprint density at radius 1 is 1.48 bits per heavy atom. The summed E-state index contributed by atoms with van der Waals surface area (Å²) in [4.78, 5) is 10.9. The number of hydrogen-bond acceptors (Lipinski definition) is 4. The van der Waals surface area contributed by atoms with Crippen LogP contribution in [0.3, 0.4) is 0 Å². The maximum Gasteiger partial charge on any atom is 0.345 e. The van der Waals surface area contributed by atoms with Crippen molar-refractivity contribution in [2.45, 2.75) is 43.9 Å². The summed E-state index contributed by atoms with van der Waals surface area (Å²) >= 11 is 0.928. The van der Waals surface area contributed by atoms with Crippen LogP contribution in [0.2, 0.25) is 0 Å². The first-order valence-electron chi connectivity index (χ1n) is 7.20. The van der Waals surface area contributed by atoms with Gasteiger partial charge in [0.05, 0.1) is 4.90 Å². The lowest BCUT2D eigenvalue weighted by Gasteiger charge is -2.26. The number of hydrogen-bond donors (Lipinski definition) is 2. The average Bonchev–Trinajstić information content (AvgIpc) is 2.89. The van der Waals surface area contributed by atoms with Gasteiger partial charge in [-0.3, -0.25) is 0 Å². The molecule has 0 aromatic carbocycles. The van der Waals surface area contributed by atoms with Gasteiger partial charge in [0.2, 0.25) is 10.0 Å². The molecular weight excluding hydrogens is 310 g/mol. The highest BCUT2D eigenvalue weighted by atomic mass is 32.2. The molecule has 0 spiro atoms. The van der Waals surface area contributed by atoms with Gasteiger partial charge in [-0.1, -0.05) is 26.2 Å². The van der Waals surface area contributed by atoms with Crippen molar-refractivity contribution in [1.82, 2.24) is 4.72 Å². The monoisotopic (exact) mass is 331 g/mol. The molecule has 1 aliphatic carbocycles. The van der Waals surface area contributed by atoms with E-state index in [1.54, 1.807) is 0 Å². The second-order valence-electron chi connectivity index (χ2n) is 5.78. The van der Waals surface area contributed by atoms with E-state index >= 15 is 0 Å². The Balaban J connectivity index is 1.87. The van der Waals surface area contributed by atoms with Crippen molar-refractivity contribution in [2.24, 2.45) is 11.8 Å². The fraction of sp³-hybridized carbons (Fsp3) is 0.643. The van der Waals surface area contributed by atoms with Crippen LogP contribution >= 0.6 is 11.3 Å². The van der Waals surface area contributed by atoms with Crippen LogP contribution in [0, 0.1) is 11.8 Å². The quantitative estimate of drug-likeness (QED) is 0.839. The fourth-order valence-corrected chi connectivity index (χ4v) is 5.03. The zero-order valence-electron chi connectivity index (χ0n) is 12.0. The zero-order valence-corrected chi connectivity index (χ0v) is 13.7. The lowest BCUT2D eigenvalue weighted by molar-refractivity contribution is 0.0702. The molecule has 0 saturated heterocycles. The van der Waals surface area contributed by atoms with Gasteiger partial charge in [0.15, 0.2) is 0 Å². The van der Waals surface area contributed by atoms with E-state index in [4.69, 9.17) is 5.11 Å². The molecule has 0 radical (unpaired) electrons. The summed E-state index contributed by atoms with van der Waals surface area (Å²) in [6, 6.07) is 1.21. The highest BCUT2D eigenvalue weighted by Gasteiger charge is 2.21. The second kappa shape index (κ2) is 6.89. The van der Waals surface area contributed by atoms with Crippen LogP contribution < -0.4 is 4.72 Å².